The van der Waals surface area contributed by atoms with Crippen LogP contribution in [0.25, 0.3) is 11.4 Å². The quantitative estimate of drug-likeness (QED) is 0.276. The molecule has 4 nitrogen and oxygen atoms in total. The largest absolute Gasteiger partial charge is 0.492 e. The first kappa shape index (κ1) is 24.9. The third-order valence-electron chi connectivity index (χ3n) is 5.21. The second-order valence-electron chi connectivity index (χ2n) is 8.15. The van der Waals surface area contributed by atoms with E-state index in [1.165, 1.54) is 44.9 Å². The molecular formula is C27H38N2O2. The molecule has 0 amide bonds. The van der Waals surface area contributed by atoms with Crippen LogP contribution < -0.4 is 4.74 Å². The first-order chi connectivity index (χ1) is 15.2. The Bertz CT molecular complexity index is 794. The summed E-state index contributed by atoms with van der Waals surface area (Å²) in [6.45, 7) is 4.77. The second kappa shape index (κ2) is 15.4. The Morgan fingerprint density at radius 3 is 2.39 bits per heavy atom. The van der Waals surface area contributed by atoms with Crippen molar-refractivity contribution < 1.29 is 9.84 Å². The highest BCUT2D eigenvalue weighted by atomic mass is 16.5. The van der Waals surface area contributed by atoms with E-state index in [0.29, 0.717) is 12.4 Å². The molecule has 0 saturated carbocycles. The third-order valence-corrected chi connectivity index (χ3v) is 5.21. The fraction of sp³-hybridized carbons (Fsp3) is 0.556. The van der Waals surface area contributed by atoms with Gasteiger partial charge in [-0.05, 0) is 50.5 Å². The van der Waals surface area contributed by atoms with Crippen LogP contribution in [0.15, 0.2) is 36.7 Å². The Morgan fingerprint density at radius 1 is 0.968 bits per heavy atom. The molecule has 1 atom stereocenters. The van der Waals surface area contributed by atoms with Gasteiger partial charge in [0.05, 0.1) is 18.3 Å². The lowest BCUT2D eigenvalue weighted by Gasteiger charge is -2.10. The maximum absolute atomic E-state index is 9.38. The topological polar surface area (TPSA) is 55.2 Å². The summed E-state index contributed by atoms with van der Waals surface area (Å²) in [6, 6.07) is 7.81. The lowest BCUT2D eigenvalue weighted by molar-refractivity contribution is 0.182. The number of benzene rings is 1. The van der Waals surface area contributed by atoms with Crippen LogP contribution in [-0.4, -0.2) is 27.8 Å². The van der Waals surface area contributed by atoms with Crippen molar-refractivity contribution in [3.8, 4) is 29.0 Å². The molecule has 0 aliphatic carbocycles. The molecule has 0 fully saturated rings. The summed E-state index contributed by atoms with van der Waals surface area (Å²) in [4.78, 5) is 8.70. The lowest BCUT2D eigenvalue weighted by atomic mass is 10.1. The van der Waals surface area contributed by atoms with E-state index in [1.54, 1.807) is 12.4 Å². The summed E-state index contributed by atoms with van der Waals surface area (Å²) in [6.07, 6.45) is 15.9. The van der Waals surface area contributed by atoms with Crippen molar-refractivity contribution in [2.45, 2.75) is 90.6 Å². The molecule has 0 bridgehead atoms. The van der Waals surface area contributed by atoms with Crippen molar-refractivity contribution >= 4 is 0 Å². The highest BCUT2D eigenvalue weighted by Gasteiger charge is 2.07. The second-order valence-corrected chi connectivity index (χ2v) is 8.15. The molecule has 1 heterocycles. The van der Waals surface area contributed by atoms with Crippen LogP contribution in [0.4, 0.5) is 0 Å². The van der Waals surface area contributed by atoms with Gasteiger partial charge in [0.25, 0.3) is 0 Å². The number of hydrogen-bond donors (Lipinski definition) is 1. The molecule has 168 valence electrons. The van der Waals surface area contributed by atoms with Crippen LogP contribution >= 0.6 is 0 Å². The molecule has 0 radical (unpaired) electrons. The third kappa shape index (κ3) is 10.5. The standard InChI is InChI=1S/C27H38N2O2/c1-3-4-5-6-7-8-9-13-21-31-26-22-25(27-28-19-14-20-29-27)18-17-24(26)16-12-10-11-15-23(2)30/h14,17-20,22-23,30H,3-11,13,15,21H2,1-2H3. The van der Waals surface area contributed by atoms with Gasteiger partial charge in [-0.15, -0.1) is 0 Å². The van der Waals surface area contributed by atoms with Crippen molar-refractivity contribution in [3.63, 3.8) is 0 Å². The maximum Gasteiger partial charge on any atom is 0.159 e. The molecule has 1 aromatic heterocycles. The molecule has 1 unspecified atom stereocenters. The predicted octanol–water partition coefficient (Wildman–Crippen LogP) is 6.57. The fourth-order valence-electron chi connectivity index (χ4n) is 3.39. The first-order valence-corrected chi connectivity index (χ1v) is 11.9. The van der Waals surface area contributed by atoms with Crippen molar-refractivity contribution in [2.24, 2.45) is 0 Å². The molecule has 31 heavy (non-hydrogen) atoms. The summed E-state index contributed by atoms with van der Waals surface area (Å²) in [5, 5.41) is 9.38. The number of hydrogen-bond acceptors (Lipinski definition) is 4. The van der Waals surface area contributed by atoms with Crippen molar-refractivity contribution in [1.29, 1.82) is 0 Å². The van der Waals surface area contributed by atoms with Gasteiger partial charge >= 0.3 is 0 Å². The molecular weight excluding hydrogens is 384 g/mol. The van der Waals surface area contributed by atoms with E-state index >= 15 is 0 Å². The number of nitrogens with zero attached hydrogens (tertiary/aromatic N) is 2. The van der Waals surface area contributed by atoms with Crippen LogP contribution in [0, 0.1) is 11.8 Å². The number of aromatic nitrogens is 2. The summed E-state index contributed by atoms with van der Waals surface area (Å²) < 4.78 is 6.14. The van der Waals surface area contributed by atoms with Crippen LogP contribution in [0.1, 0.15) is 90.0 Å². The zero-order valence-electron chi connectivity index (χ0n) is 19.3. The van der Waals surface area contributed by atoms with Gasteiger partial charge in [0, 0.05) is 24.4 Å². The van der Waals surface area contributed by atoms with Gasteiger partial charge in [-0.1, -0.05) is 63.7 Å². The number of aliphatic hydroxyl groups is 1. The van der Waals surface area contributed by atoms with E-state index in [4.69, 9.17) is 4.74 Å². The Hall–Kier alpha value is -2.38. The molecule has 1 N–H and O–H groups in total. The van der Waals surface area contributed by atoms with Crippen LogP contribution in [0.2, 0.25) is 0 Å². The molecule has 0 saturated heterocycles. The monoisotopic (exact) mass is 422 g/mol. The minimum absolute atomic E-state index is 0.266. The van der Waals surface area contributed by atoms with Gasteiger partial charge in [-0.25, -0.2) is 9.97 Å². The number of unbranched alkanes of at least 4 members (excludes halogenated alkanes) is 8. The molecule has 4 heteroatoms. The van der Waals surface area contributed by atoms with Crippen LogP contribution in [0.5, 0.6) is 5.75 Å². The lowest BCUT2D eigenvalue weighted by Crippen LogP contribution is -2.00. The minimum Gasteiger partial charge on any atom is -0.492 e. The fourth-order valence-corrected chi connectivity index (χ4v) is 3.39. The van der Waals surface area contributed by atoms with Gasteiger partial charge in [0.15, 0.2) is 5.82 Å². The Kier molecular flexibility index (Phi) is 12.4. The maximum atomic E-state index is 9.38. The molecule has 2 rings (SSSR count). The number of rotatable bonds is 14. The summed E-state index contributed by atoms with van der Waals surface area (Å²) in [5.41, 5.74) is 1.84. The zero-order chi connectivity index (χ0) is 22.2. The van der Waals surface area contributed by atoms with E-state index in [-0.39, 0.29) is 6.10 Å². The minimum atomic E-state index is -0.266. The van der Waals surface area contributed by atoms with Gasteiger partial charge in [0.1, 0.15) is 5.75 Å². The number of ether oxygens (including phenoxy) is 1. The Morgan fingerprint density at radius 2 is 1.68 bits per heavy atom. The van der Waals surface area contributed by atoms with Gasteiger partial charge in [-0.2, -0.15) is 0 Å². The molecule has 0 aliphatic heterocycles. The van der Waals surface area contributed by atoms with Crippen molar-refractivity contribution in [2.75, 3.05) is 6.61 Å². The zero-order valence-corrected chi connectivity index (χ0v) is 19.3. The molecule has 2 aromatic rings. The predicted molar refractivity (Wildman–Crippen MR) is 128 cm³/mol. The summed E-state index contributed by atoms with van der Waals surface area (Å²) >= 11 is 0. The van der Waals surface area contributed by atoms with Gasteiger partial charge in [-0.3, -0.25) is 0 Å². The van der Waals surface area contributed by atoms with E-state index in [0.717, 1.165) is 42.6 Å². The summed E-state index contributed by atoms with van der Waals surface area (Å²) in [7, 11) is 0. The first-order valence-electron chi connectivity index (χ1n) is 11.9. The molecule has 0 spiro atoms. The average Bonchev–Trinajstić information content (AvgIpc) is 2.78. The van der Waals surface area contributed by atoms with Crippen molar-refractivity contribution in [3.05, 3.63) is 42.2 Å². The number of aliphatic hydroxyl groups excluding tert-OH is 1. The Balaban J connectivity index is 1.92. The van der Waals surface area contributed by atoms with Gasteiger partial charge in [0.2, 0.25) is 0 Å². The summed E-state index contributed by atoms with van der Waals surface area (Å²) in [5.74, 6) is 7.96. The normalized spacial score (nSPS) is 11.6. The van der Waals surface area contributed by atoms with E-state index in [1.807, 2.05) is 31.2 Å². The SMILES string of the molecule is CCCCCCCCCCOc1cc(-c2ncccn2)ccc1C#CCCCC(C)O. The van der Waals surface area contributed by atoms with E-state index in [2.05, 4.69) is 28.7 Å². The molecule has 0 aliphatic rings. The molecule has 1 aromatic carbocycles. The highest BCUT2D eigenvalue weighted by molar-refractivity contribution is 5.61. The van der Waals surface area contributed by atoms with E-state index in [9.17, 15) is 5.11 Å². The van der Waals surface area contributed by atoms with Gasteiger partial charge < -0.3 is 9.84 Å². The Labute approximate surface area is 188 Å². The smallest absolute Gasteiger partial charge is 0.159 e. The average molecular weight is 423 g/mol. The van der Waals surface area contributed by atoms with E-state index < -0.39 is 0 Å². The van der Waals surface area contributed by atoms with Crippen molar-refractivity contribution in [1.82, 2.24) is 9.97 Å². The highest BCUT2D eigenvalue weighted by Crippen LogP contribution is 2.25. The van der Waals surface area contributed by atoms with Crippen LogP contribution in [0.3, 0.4) is 0 Å². The van der Waals surface area contributed by atoms with Crippen LogP contribution in [-0.2, 0) is 0 Å².